The lowest BCUT2D eigenvalue weighted by atomic mass is 9.81. The van der Waals surface area contributed by atoms with Gasteiger partial charge in [0.05, 0.1) is 42.5 Å². The lowest BCUT2D eigenvalue weighted by Gasteiger charge is -2.33. The molecule has 14 heteroatoms. The number of nitrogens with one attached hydrogen (secondary N) is 2. The van der Waals surface area contributed by atoms with Crippen molar-refractivity contribution < 1.29 is 40.3 Å². The zero-order chi connectivity index (χ0) is 32.1. The number of fused-ring (bicyclic) bond motifs is 1. The van der Waals surface area contributed by atoms with E-state index in [4.69, 9.17) is 0 Å². The summed E-state index contributed by atoms with van der Waals surface area (Å²) in [6, 6.07) is 6.33. The molecule has 0 bridgehead atoms. The van der Waals surface area contributed by atoms with Crippen LogP contribution in [-0.4, -0.2) is 44.4 Å². The Balaban J connectivity index is 1.24. The van der Waals surface area contributed by atoms with Crippen LogP contribution in [0, 0.1) is 11.8 Å². The highest BCUT2D eigenvalue weighted by Crippen LogP contribution is 2.55. The van der Waals surface area contributed by atoms with E-state index >= 15 is 0 Å². The predicted octanol–water partition coefficient (Wildman–Crippen LogP) is 7.06. The average Bonchev–Trinajstić information content (AvgIpc) is 3.88. The van der Waals surface area contributed by atoms with Crippen LogP contribution in [-0.2, 0) is 4.79 Å². The van der Waals surface area contributed by atoms with Gasteiger partial charge in [0.2, 0.25) is 11.8 Å². The second-order valence-electron chi connectivity index (χ2n) is 12.5. The number of hydrogen-bond donors (Lipinski definition) is 2. The molecule has 2 heterocycles. The maximum atomic E-state index is 14.1. The second kappa shape index (κ2) is 11.6. The maximum Gasteiger partial charge on any atom is 0.389 e. The van der Waals surface area contributed by atoms with Crippen LogP contribution < -0.4 is 10.6 Å². The van der Waals surface area contributed by atoms with Crippen LogP contribution >= 0.6 is 0 Å². The second-order valence-corrected chi connectivity index (χ2v) is 12.5. The number of benzene rings is 1. The summed E-state index contributed by atoms with van der Waals surface area (Å²) in [5.41, 5.74) is 1.79. The van der Waals surface area contributed by atoms with Gasteiger partial charge in [-0.1, -0.05) is 12.1 Å². The number of aromatic nitrogens is 3. The summed E-state index contributed by atoms with van der Waals surface area (Å²) >= 11 is 0. The van der Waals surface area contributed by atoms with Crippen molar-refractivity contribution in [2.45, 2.75) is 93.8 Å². The third-order valence-corrected chi connectivity index (χ3v) is 8.98. The van der Waals surface area contributed by atoms with Gasteiger partial charge in [0.25, 0.3) is 11.8 Å². The summed E-state index contributed by atoms with van der Waals surface area (Å²) in [6.45, 7) is 0. The van der Waals surface area contributed by atoms with E-state index < -0.39 is 60.7 Å². The molecule has 3 atom stereocenters. The topological polar surface area (TPSA) is 88.4 Å². The zero-order valence-corrected chi connectivity index (χ0v) is 24.1. The molecule has 1 aromatic carbocycles. The van der Waals surface area contributed by atoms with Gasteiger partial charge in [0.15, 0.2) is 5.65 Å². The number of rotatable bonds is 10. The van der Waals surface area contributed by atoms with Gasteiger partial charge in [-0.15, -0.1) is 0 Å². The van der Waals surface area contributed by atoms with E-state index in [-0.39, 0.29) is 49.5 Å². The number of halogens is 7. The first kappa shape index (κ1) is 31.3. The SMILES string of the molecule is O=C(CCC(F)(F)F)N[C@@H](c1cnn2cc([C@@H](NC(=O)c3cccc(C4CC4(F)F)c3)C3CCC(F)(F)CC3)nc2c1)C1CC1. The maximum absolute atomic E-state index is 14.1. The number of hydrogen-bond acceptors (Lipinski definition) is 4. The normalized spacial score (nSPS) is 22.5. The molecule has 0 aliphatic heterocycles. The minimum Gasteiger partial charge on any atom is -0.349 e. The van der Waals surface area contributed by atoms with E-state index in [2.05, 4.69) is 20.7 Å². The molecule has 7 nitrogen and oxygen atoms in total. The summed E-state index contributed by atoms with van der Waals surface area (Å²) in [4.78, 5) is 30.4. The van der Waals surface area contributed by atoms with Gasteiger partial charge in [-0.2, -0.15) is 18.3 Å². The predicted molar refractivity (Wildman–Crippen MR) is 148 cm³/mol. The van der Waals surface area contributed by atoms with Crippen LogP contribution in [0.25, 0.3) is 5.65 Å². The van der Waals surface area contributed by atoms with E-state index in [1.54, 1.807) is 18.3 Å². The third-order valence-electron chi connectivity index (χ3n) is 8.98. The van der Waals surface area contributed by atoms with Crippen LogP contribution in [0.15, 0.2) is 42.7 Å². The fourth-order valence-electron chi connectivity index (χ4n) is 6.16. The smallest absolute Gasteiger partial charge is 0.349 e. The minimum absolute atomic E-state index is 0.0424. The summed E-state index contributed by atoms with van der Waals surface area (Å²) in [6.07, 6.45) is -2.49. The zero-order valence-electron chi connectivity index (χ0n) is 24.1. The van der Waals surface area contributed by atoms with Gasteiger partial charge in [-0.3, -0.25) is 9.59 Å². The van der Waals surface area contributed by atoms with Gasteiger partial charge in [0, 0.05) is 31.2 Å². The molecule has 3 aliphatic carbocycles. The van der Waals surface area contributed by atoms with E-state index in [0.717, 1.165) is 12.8 Å². The molecule has 0 spiro atoms. The van der Waals surface area contributed by atoms with E-state index in [1.165, 1.54) is 28.9 Å². The molecule has 3 aliphatic rings. The molecule has 1 unspecified atom stereocenters. The first-order valence-corrected chi connectivity index (χ1v) is 15.1. The summed E-state index contributed by atoms with van der Waals surface area (Å²) in [5, 5.41) is 9.99. The molecular weight excluding hydrogens is 607 g/mol. The Labute approximate surface area is 254 Å². The molecule has 0 radical (unpaired) electrons. The quantitative estimate of drug-likeness (QED) is 0.233. The van der Waals surface area contributed by atoms with Crippen molar-refractivity contribution in [3.05, 3.63) is 65.1 Å². The van der Waals surface area contributed by atoms with E-state index in [0.29, 0.717) is 22.5 Å². The number of amides is 2. The van der Waals surface area contributed by atoms with Crippen LogP contribution in [0.2, 0.25) is 0 Å². The van der Waals surface area contributed by atoms with Gasteiger partial charge in [0.1, 0.15) is 0 Å². The molecule has 0 saturated heterocycles. The summed E-state index contributed by atoms with van der Waals surface area (Å²) in [7, 11) is 0. The molecule has 242 valence electrons. The standard InChI is InChI=1S/C31H32F7N5O2/c32-29(33)9-6-18(7-10-29)27(42-28(45)20-3-1-2-19(12-20)22-14-30(22,34)35)23-16-43-24(40-23)13-21(15-39-43)26(17-4-5-17)41-25(44)8-11-31(36,37)38/h1-3,12-13,15-18,22,26-27H,4-11,14H2,(H,41,44)(H,42,45)/t22?,26-,27+/m1/s1. The Kier molecular flexibility index (Phi) is 8.05. The molecule has 3 aromatic rings. The van der Waals surface area contributed by atoms with Crippen molar-refractivity contribution in [1.82, 2.24) is 25.2 Å². The molecule has 6 rings (SSSR count). The van der Waals surface area contributed by atoms with Gasteiger partial charge >= 0.3 is 6.18 Å². The van der Waals surface area contributed by atoms with Crippen LogP contribution in [0.1, 0.15) is 103 Å². The number of carbonyl (C=O) groups excluding carboxylic acids is 2. The first-order chi connectivity index (χ1) is 21.2. The highest BCUT2D eigenvalue weighted by Gasteiger charge is 2.57. The number of nitrogens with zero attached hydrogens (tertiary/aromatic N) is 3. The Bertz CT molecular complexity index is 1580. The largest absolute Gasteiger partial charge is 0.389 e. The van der Waals surface area contributed by atoms with Gasteiger partial charge < -0.3 is 10.6 Å². The number of alkyl halides is 7. The minimum atomic E-state index is -4.45. The van der Waals surface area contributed by atoms with Gasteiger partial charge in [-0.25, -0.2) is 27.1 Å². The molecular formula is C31H32F7N5O2. The van der Waals surface area contributed by atoms with E-state index in [9.17, 15) is 40.3 Å². The van der Waals surface area contributed by atoms with Gasteiger partial charge in [-0.05, 0) is 66.8 Å². The van der Waals surface area contributed by atoms with E-state index in [1.807, 2.05) is 0 Å². The van der Waals surface area contributed by atoms with Crippen molar-refractivity contribution in [1.29, 1.82) is 0 Å². The van der Waals surface area contributed by atoms with Crippen molar-refractivity contribution in [3.8, 4) is 0 Å². The van der Waals surface area contributed by atoms with Crippen LogP contribution in [0.5, 0.6) is 0 Å². The molecule has 2 aromatic heterocycles. The Morgan fingerprint density at radius 1 is 0.978 bits per heavy atom. The molecule has 2 amide bonds. The Morgan fingerprint density at radius 3 is 2.31 bits per heavy atom. The Hall–Kier alpha value is -3.71. The molecule has 2 N–H and O–H groups in total. The monoisotopic (exact) mass is 639 g/mol. The van der Waals surface area contributed by atoms with Crippen molar-refractivity contribution in [2.75, 3.05) is 0 Å². The number of carbonyl (C=O) groups is 2. The lowest BCUT2D eigenvalue weighted by Crippen LogP contribution is -2.37. The van der Waals surface area contributed by atoms with Crippen molar-refractivity contribution in [2.24, 2.45) is 11.8 Å². The number of imidazole rings is 1. The Morgan fingerprint density at radius 2 is 1.67 bits per heavy atom. The first-order valence-electron chi connectivity index (χ1n) is 15.1. The fourth-order valence-corrected chi connectivity index (χ4v) is 6.16. The summed E-state index contributed by atoms with van der Waals surface area (Å²) < 4.78 is 94.8. The highest BCUT2D eigenvalue weighted by molar-refractivity contribution is 5.94. The molecule has 45 heavy (non-hydrogen) atoms. The van der Waals surface area contributed by atoms with Crippen molar-refractivity contribution in [3.63, 3.8) is 0 Å². The van der Waals surface area contributed by atoms with Crippen LogP contribution in [0.3, 0.4) is 0 Å². The lowest BCUT2D eigenvalue weighted by molar-refractivity contribution is -0.144. The fraction of sp³-hybridized carbons (Fsp3) is 0.548. The third kappa shape index (κ3) is 7.41. The molecule has 3 fully saturated rings. The van der Waals surface area contributed by atoms with Crippen molar-refractivity contribution >= 4 is 17.5 Å². The van der Waals surface area contributed by atoms with Crippen LogP contribution in [0.4, 0.5) is 30.7 Å². The highest BCUT2D eigenvalue weighted by atomic mass is 19.4. The average molecular weight is 640 g/mol. The summed E-state index contributed by atoms with van der Waals surface area (Å²) in [5.74, 6) is -8.19. The molecule has 3 saturated carbocycles.